The van der Waals surface area contributed by atoms with E-state index in [1.165, 1.54) is 0 Å². The number of carboxylic acid groups (broad SMARTS) is 1. The van der Waals surface area contributed by atoms with Crippen LogP contribution >= 0.6 is 11.8 Å². The number of nitrogens with zero attached hydrogens (tertiary/aromatic N) is 2. The number of thioether (sulfide) groups is 1. The van der Waals surface area contributed by atoms with Crippen molar-refractivity contribution in [2.75, 3.05) is 5.75 Å². The van der Waals surface area contributed by atoms with Gasteiger partial charge in [-0.2, -0.15) is 0 Å². The molecule has 0 amide bonds. The van der Waals surface area contributed by atoms with E-state index in [4.69, 9.17) is 9.84 Å². The molecule has 116 valence electrons. The van der Waals surface area contributed by atoms with Gasteiger partial charge in [-0.3, -0.25) is 14.6 Å². The Labute approximate surface area is 130 Å². The molecule has 0 unspecified atom stereocenters. The Morgan fingerprint density at radius 1 is 1.32 bits per heavy atom. The molecule has 2 aromatic rings. The van der Waals surface area contributed by atoms with E-state index in [0.29, 0.717) is 11.3 Å². The average molecular weight is 321 g/mol. The van der Waals surface area contributed by atoms with Crippen molar-refractivity contribution in [2.45, 2.75) is 25.1 Å². The van der Waals surface area contributed by atoms with E-state index < -0.39 is 11.5 Å². The first kappa shape index (κ1) is 16.0. The number of nitrogens with one attached hydrogen (secondary N) is 1. The van der Waals surface area contributed by atoms with Crippen LogP contribution in [0.5, 0.6) is 5.75 Å². The number of hydrogen-bond acceptors (Lipinski definition) is 6. The maximum atomic E-state index is 12.0. The Kier molecular flexibility index (Phi) is 5.16. The van der Waals surface area contributed by atoms with Gasteiger partial charge in [-0.15, -0.1) is 10.2 Å². The molecular formula is C14H15N3O4S. The van der Waals surface area contributed by atoms with Crippen LogP contribution in [0.15, 0.2) is 34.2 Å². The van der Waals surface area contributed by atoms with E-state index in [9.17, 15) is 9.59 Å². The molecule has 0 radical (unpaired) electrons. The first-order chi connectivity index (χ1) is 10.5. The molecule has 0 bridgehead atoms. The normalized spacial score (nSPS) is 10.7. The average Bonchev–Trinajstić information content (AvgIpc) is 2.46. The van der Waals surface area contributed by atoms with E-state index in [2.05, 4.69) is 15.2 Å². The molecule has 0 saturated heterocycles. The molecule has 22 heavy (non-hydrogen) atoms. The molecule has 8 heteroatoms. The van der Waals surface area contributed by atoms with E-state index >= 15 is 0 Å². The van der Waals surface area contributed by atoms with Gasteiger partial charge in [-0.1, -0.05) is 11.8 Å². The fourth-order valence-corrected chi connectivity index (χ4v) is 2.19. The second-order valence-corrected chi connectivity index (χ2v) is 5.65. The van der Waals surface area contributed by atoms with Gasteiger partial charge < -0.3 is 9.84 Å². The third-order valence-electron chi connectivity index (χ3n) is 2.51. The molecule has 1 aromatic carbocycles. The predicted molar refractivity (Wildman–Crippen MR) is 82.2 cm³/mol. The highest BCUT2D eigenvalue weighted by molar-refractivity contribution is 7.99. The highest BCUT2D eigenvalue weighted by atomic mass is 32.2. The molecule has 2 N–H and O–H groups in total. The van der Waals surface area contributed by atoms with Crippen LogP contribution in [0.4, 0.5) is 0 Å². The number of H-pyrrole nitrogens is 1. The lowest BCUT2D eigenvalue weighted by Gasteiger charge is -2.09. The number of aliphatic carboxylic acids is 1. The summed E-state index contributed by atoms with van der Waals surface area (Å²) in [7, 11) is 0. The van der Waals surface area contributed by atoms with E-state index in [1.807, 2.05) is 13.8 Å². The first-order valence-corrected chi connectivity index (χ1v) is 7.53. The van der Waals surface area contributed by atoms with Crippen molar-refractivity contribution in [3.05, 3.63) is 34.6 Å². The molecule has 0 aliphatic rings. The van der Waals surface area contributed by atoms with Gasteiger partial charge >= 0.3 is 5.97 Å². The lowest BCUT2D eigenvalue weighted by molar-refractivity contribution is -0.133. The van der Waals surface area contributed by atoms with Crippen LogP contribution in [0.1, 0.15) is 13.8 Å². The number of rotatable bonds is 6. The van der Waals surface area contributed by atoms with Crippen molar-refractivity contribution in [3.63, 3.8) is 0 Å². The third kappa shape index (κ3) is 4.32. The predicted octanol–water partition coefficient (Wildman–Crippen LogP) is 1.80. The Morgan fingerprint density at radius 2 is 2.00 bits per heavy atom. The fourth-order valence-electron chi connectivity index (χ4n) is 1.67. The smallest absolute Gasteiger partial charge is 0.313 e. The third-order valence-corrected chi connectivity index (χ3v) is 3.36. The zero-order chi connectivity index (χ0) is 16.1. The SMILES string of the molecule is CC(C)Oc1ccc(-c2nnc(SCC(=O)O)[nH]c2=O)cc1. The second-order valence-electron chi connectivity index (χ2n) is 4.68. The van der Waals surface area contributed by atoms with Gasteiger partial charge in [0, 0.05) is 5.56 Å². The quantitative estimate of drug-likeness (QED) is 0.781. The molecule has 0 atom stereocenters. The number of carbonyl (C=O) groups is 1. The largest absolute Gasteiger partial charge is 0.491 e. The summed E-state index contributed by atoms with van der Waals surface area (Å²) in [4.78, 5) is 25.0. The summed E-state index contributed by atoms with van der Waals surface area (Å²) in [6, 6.07) is 6.95. The number of hydrogen-bond donors (Lipinski definition) is 2. The lowest BCUT2D eigenvalue weighted by Crippen LogP contribution is -2.14. The second kappa shape index (κ2) is 7.08. The zero-order valence-electron chi connectivity index (χ0n) is 12.1. The molecule has 7 nitrogen and oxygen atoms in total. The first-order valence-electron chi connectivity index (χ1n) is 6.54. The molecule has 0 aliphatic heterocycles. The minimum absolute atomic E-state index is 0.0691. The summed E-state index contributed by atoms with van der Waals surface area (Å²) in [6.45, 7) is 3.86. The summed E-state index contributed by atoms with van der Waals surface area (Å²) >= 11 is 0.907. The summed E-state index contributed by atoms with van der Waals surface area (Å²) < 4.78 is 5.53. The Morgan fingerprint density at radius 3 is 2.55 bits per heavy atom. The van der Waals surface area contributed by atoms with Crippen molar-refractivity contribution in [1.29, 1.82) is 0 Å². The molecule has 0 fully saturated rings. The topological polar surface area (TPSA) is 105 Å². The summed E-state index contributed by atoms with van der Waals surface area (Å²) in [5, 5.41) is 16.5. The van der Waals surface area contributed by atoms with Crippen LogP contribution in [0.25, 0.3) is 11.3 Å². The maximum absolute atomic E-state index is 12.0. The highest BCUT2D eigenvalue weighted by Crippen LogP contribution is 2.19. The lowest BCUT2D eigenvalue weighted by atomic mass is 10.1. The molecule has 0 saturated carbocycles. The van der Waals surface area contributed by atoms with Gasteiger partial charge in [-0.25, -0.2) is 0 Å². The number of aromatic nitrogens is 3. The monoisotopic (exact) mass is 321 g/mol. The molecular weight excluding hydrogens is 306 g/mol. The number of aromatic amines is 1. The van der Waals surface area contributed by atoms with Crippen molar-refractivity contribution < 1.29 is 14.6 Å². The van der Waals surface area contributed by atoms with Crippen LogP contribution in [0.3, 0.4) is 0 Å². The van der Waals surface area contributed by atoms with E-state index in [1.54, 1.807) is 24.3 Å². The minimum atomic E-state index is -0.988. The zero-order valence-corrected chi connectivity index (χ0v) is 12.9. The summed E-state index contributed by atoms with van der Waals surface area (Å²) in [6.07, 6.45) is 0.0691. The van der Waals surface area contributed by atoms with Crippen LogP contribution in [0, 0.1) is 0 Å². The van der Waals surface area contributed by atoms with E-state index in [0.717, 1.165) is 11.8 Å². The Hall–Kier alpha value is -2.35. The van der Waals surface area contributed by atoms with Crippen LogP contribution in [-0.2, 0) is 4.79 Å². The van der Waals surface area contributed by atoms with Crippen molar-refractivity contribution >= 4 is 17.7 Å². The molecule has 1 aromatic heterocycles. The van der Waals surface area contributed by atoms with Crippen LogP contribution < -0.4 is 10.3 Å². The Bertz CT molecular complexity index is 713. The molecule has 0 aliphatic carbocycles. The van der Waals surface area contributed by atoms with Gasteiger partial charge in [-0.05, 0) is 38.1 Å². The number of carboxylic acids is 1. The molecule has 0 spiro atoms. The number of ether oxygens (including phenoxy) is 1. The minimum Gasteiger partial charge on any atom is -0.491 e. The van der Waals surface area contributed by atoms with Gasteiger partial charge in [0.2, 0.25) is 0 Å². The maximum Gasteiger partial charge on any atom is 0.313 e. The van der Waals surface area contributed by atoms with Gasteiger partial charge in [0.05, 0.1) is 11.9 Å². The fraction of sp³-hybridized carbons (Fsp3) is 0.286. The number of benzene rings is 1. The van der Waals surface area contributed by atoms with Crippen LogP contribution in [-0.4, -0.2) is 38.1 Å². The van der Waals surface area contributed by atoms with Gasteiger partial charge in [0.15, 0.2) is 10.9 Å². The Balaban J connectivity index is 2.18. The molecule has 1 heterocycles. The summed E-state index contributed by atoms with van der Waals surface area (Å²) in [5.74, 6) is -0.472. The van der Waals surface area contributed by atoms with Crippen molar-refractivity contribution in [2.24, 2.45) is 0 Å². The van der Waals surface area contributed by atoms with E-state index in [-0.39, 0.29) is 22.7 Å². The highest BCUT2D eigenvalue weighted by Gasteiger charge is 2.09. The molecule has 2 rings (SSSR count). The standard InChI is InChI=1S/C14H15N3O4S/c1-8(2)21-10-5-3-9(4-6-10)12-13(20)15-14(17-16-12)22-7-11(18)19/h3-6,8H,7H2,1-2H3,(H,18,19)(H,15,17,20). The van der Waals surface area contributed by atoms with Gasteiger partial charge in [0.1, 0.15) is 5.75 Å². The van der Waals surface area contributed by atoms with Gasteiger partial charge in [0.25, 0.3) is 5.56 Å². The summed E-state index contributed by atoms with van der Waals surface area (Å²) in [5.41, 5.74) is 0.371. The van der Waals surface area contributed by atoms with Crippen molar-refractivity contribution in [3.8, 4) is 17.0 Å². The van der Waals surface area contributed by atoms with Crippen LogP contribution in [0.2, 0.25) is 0 Å². The van der Waals surface area contributed by atoms with Crippen molar-refractivity contribution in [1.82, 2.24) is 15.2 Å².